The molecule has 24 heavy (non-hydrogen) atoms. The van der Waals surface area contributed by atoms with Gasteiger partial charge in [-0.1, -0.05) is 29.8 Å². The molecule has 128 valence electrons. The van der Waals surface area contributed by atoms with E-state index >= 15 is 0 Å². The van der Waals surface area contributed by atoms with E-state index in [0.717, 1.165) is 22.2 Å². The van der Waals surface area contributed by atoms with Crippen molar-refractivity contribution >= 4 is 29.4 Å². The Labute approximate surface area is 152 Å². The van der Waals surface area contributed by atoms with Crippen LogP contribution in [0.25, 0.3) is 0 Å². The van der Waals surface area contributed by atoms with Gasteiger partial charge in [-0.25, -0.2) is 0 Å². The predicted octanol–water partition coefficient (Wildman–Crippen LogP) is 4.15. The zero-order chi connectivity index (χ0) is 17.2. The van der Waals surface area contributed by atoms with Crippen molar-refractivity contribution in [1.29, 1.82) is 0 Å². The lowest BCUT2D eigenvalue weighted by atomic mass is 10.2. The molecule has 2 rings (SSSR count). The lowest BCUT2D eigenvalue weighted by molar-refractivity contribution is -0.118. The topological polar surface area (TPSA) is 38.3 Å². The van der Waals surface area contributed by atoms with E-state index < -0.39 is 0 Å². The highest BCUT2D eigenvalue weighted by Crippen LogP contribution is 2.20. The molecule has 0 aliphatic rings. The van der Waals surface area contributed by atoms with Gasteiger partial charge in [-0.05, 0) is 36.8 Å². The van der Waals surface area contributed by atoms with Crippen LogP contribution in [-0.4, -0.2) is 31.1 Å². The quantitative estimate of drug-likeness (QED) is 0.538. The SMILES string of the molecule is COc1ccc(SCC(=O)NCCSCc2ccc(C)cc2)cc1. The van der Waals surface area contributed by atoms with Crippen LogP contribution in [0.5, 0.6) is 5.75 Å². The van der Waals surface area contributed by atoms with E-state index in [1.54, 1.807) is 7.11 Å². The van der Waals surface area contributed by atoms with Crippen molar-refractivity contribution in [1.82, 2.24) is 5.32 Å². The minimum Gasteiger partial charge on any atom is -0.497 e. The van der Waals surface area contributed by atoms with E-state index in [1.807, 2.05) is 36.0 Å². The second-order valence-corrected chi connectivity index (χ2v) is 7.51. The summed E-state index contributed by atoms with van der Waals surface area (Å²) in [5, 5.41) is 2.97. The van der Waals surface area contributed by atoms with Gasteiger partial charge >= 0.3 is 0 Å². The Kier molecular flexibility index (Phi) is 8.05. The van der Waals surface area contributed by atoms with Crippen molar-refractivity contribution in [3.05, 3.63) is 59.7 Å². The fourth-order valence-corrected chi connectivity index (χ4v) is 3.56. The molecule has 5 heteroatoms. The number of benzene rings is 2. The summed E-state index contributed by atoms with van der Waals surface area (Å²) in [6.45, 7) is 2.80. The van der Waals surface area contributed by atoms with E-state index in [2.05, 4.69) is 36.5 Å². The molecule has 0 unspecified atom stereocenters. The summed E-state index contributed by atoms with van der Waals surface area (Å²) in [4.78, 5) is 12.9. The molecule has 0 aliphatic carbocycles. The maximum atomic E-state index is 11.8. The van der Waals surface area contributed by atoms with E-state index in [1.165, 1.54) is 22.9 Å². The number of hydrogen-bond acceptors (Lipinski definition) is 4. The summed E-state index contributed by atoms with van der Waals surface area (Å²) in [7, 11) is 1.65. The average molecular weight is 362 g/mol. The first-order chi connectivity index (χ1) is 11.7. The molecule has 1 amide bonds. The molecule has 0 saturated carbocycles. The summed E-state index contributed by atoms with van der Waals surface area (Å²) >= 11 is 3.37. The number of aryl methyl sites for hydroxylation is 1. The minimum absolute atomic E-state index is 0.0757. The highest BCUT2D eigenvalue weighted by atomic mass is 32.2. The van der Waals surface area contributed by atoms with Gasteiger partial charge in [0.25, 0.3) is 0 Å². The van der Waals surface area contributed by atoms with Crippen LogP contribution in [0.1, 0.15) is 11.1 Å². The van der Waals surface area contributed by atoms with Crippen LogP contribution in [0.3, 0.4) is 0 Å². The van der Waals surface area contributed by atoms with Crippen molar-refractivity contribution < 1.29 is 9.53 Å². The van der Waals surface area contributed by atoms with Crippen molar-refractivity contribution in [3.63, 3.8) is 0 Å². The molecule has 0 spiro atoms. The highest BCUT2D eigenvalue weighted by molar-refractivity contribution is 8.00. The summed E-state index contributed by atoms with van der Waals surface area (Å²) in [6, 6.07) is 16.3. The number of carbonyl (C=O) groups excluding carboxylic acids is 1. The Hall–Kier alpha value is -1.59. The van der Waals surface area contributed by atoms with Gasteiger partial charge in [0, 0.05) is 22.9 Å². The first kappa shape index (κ1) is 18.7. The number of rotatable bonds is 9. The molecule has 0 fully saturated rings. The van der Waals surface area contributed by atoms with E-state index in [0.29, 0.717) is 12.3 Å². The lowest BCUT2D eigenvalue weighted by Crippen LogP contribution is -2.27. The monoisotopic (exact) mass is 361 g/mol. The van der Waals surface area contributed by atoms with Crippen LogP contribution in [-0.2, 0) is 10.5 Å². The molecule has 0 saturated heterocycles. The van der Waals surface area contributed by atoms with Crippen molar-refractivity contribution in [2.75, 3.05) is 25.2 Å². The zero-order valence-corrected chi connectivity index (χ0v) is 15.7. The Balaban J connectivity index is 1.56. The molecule has 0 aliphatic heterocycles. The Morgan fingerprint density at radius 2 is 1.79 bits per heavy atom. The molecule has 0 aromatic heterocycles. The largest absolute Gasteiger partial charge is 0.497 e. The molecular weight excluding hydrogens is 338 g/mol. The Morgan fingerprint density at radius 1 is 1.08 bits per heavy atom. The summed E-state index contributed by atoms with van der Waals surface area (Å²) < 4.78 is 5.12. The molecular formula is C19H23NO2S2. The number of nitrogens with one attached hydrogen (secondary N) is 1. The first-order valence-corrected chi connectivity index (χ1v) is 9.98. The summed E-state index contributed by atoms with van der Waals surface area (Å²) in [5.41, 5.74) is 2.61. The third-order valence-electron chi connectivity index (χ3n) is 3.39. The van der Waals surface area contributed by atoms with E-state index in [-0.39, 0.29) is 5.91 Å². The van der Waals surface area contributed by atoms with Crippen molar-refractivity contribution in [2.24, 2.45) is 0 Å². The predicted molar refractivity (Wildman–Crippen MR) is 104 cm³/mol. The van der Waals surface area contributed by atoms with Gasteiger partial charge < -0.3 is 10.1 Å². The Bertz CT molecular complexity index is 627. The van der Waals surface area contributed by atoms with Gasteiger partial charge in [0.1, 0.15) is 5.75 Å². The van der Waals surface area contributed by atoms with Gasteiger partial charge in [-0.15, -0.1) is 11.8 Å². The normalized spacial score (nSPS) is 10.4. The smallest absolute Gasteiger partial charge is 0.230 e. The molecule has 0 heterocycles. The molecule has 0 radical (unpaired) electrons. The van der Waals surface area contributed by atoms with Crippen molar-refractivity contribution in [2.45, 2.75) is 17.6 Å². The second-order valence-electron chi connectivity index (χ2n) is 5.35. The van der Waals surface area contributed by atoms with Gasteiger partial charge in [0.05, 0.1) is 12.9 Å². The second kappa shape index (κ2) is 10.3. The fraction of sp³-hybridized carbons (Fsp3) is 0.316. The van der Waals surface area contributed by atoms with Crippen LogP contribution in [0.4, 0.5) is 0 Å². The first-order valence-electron chi connectivity index (χ1n) is 7.84. The third kappa shape index (κ3) is 6.89. The van der Waals surface area contributed by atoms with Crippen LogP contribution >= 0.6 is 23.5 Å². The van der Waals surface area contributed by atoms with Gasteiger partial charge in [-0.2, -0.15) is 11.8 Å². The fourth-order valence-electron chi connectivity index (χ4n) is 2.01. The van der Waals surface area contributed by atoms with Crippen LogP contribution < -0.4 is 10.1 Å². The number of carbonyl (C=O) groups is 1. The molecule has 1 N–H and O–H groups in total. The molecule has 2 aromatic rings. The maximum absolute atomic E-state index is 11.8. The molecule has 0 atom stereocenters. The zero-order valence-electron chi connectivity index (χ0n) is 14.1. The van der Waals surface area contributed by atoms with Crippen LogP contribution in [0, 0.1) is 6.92 Å². The van der Waals surface area contributed by atoms with Gasteiger partial charge in [-0.3, -0.25) is 4.79 Å². The molecule has 3 nitrogen and oxygen atoms in total. The number of ether oxygens (including phenoxy) is 1. The van der Waals surface area contributed by atoms with Crippen LogP contribution in [0.15, 0.2) is 53.4 Å². The maximum Gasteiger partial charge on any atom is 0.230 e. The van der Waals surface area contributed by atoms with E-state index in [4.69, 9.17) is 4.74 Å². The van der Waals surface area contributed by atoms with Gasteiger partial charge in [0.2, 0.25) is 5.91 Å². The summed E-state index contributed by atoms with van der Waals surface area (Å²) in [5.74, 6) is 3.25. The summed E-state index contributed by atoms with van der Waals surface area (Å²) in [6.07, 6.45) is 0. The lowest BCUT2D eigenvalue weighted by Gasteiger charge is -2.06. The number of hydrogen-bond donors (Lipinski definition) is 1. The number of thioether (sulfide) groups is 2. The van der Waals surface area contributed by atoms with E-state index in [9.17, 15) is 4.79 Å². The standard InChI is InChI=1S/C19H23NO2S2/c1-15-3-5-16(6-4-15)13-23-12-11-20-19(21)14-24-18-9-7-17(22-2)8-10-18/h3-10H,11-14H2,1-2H3,(H,20,21). The molecule has 0 bridgehead atoms. The highest BCUT2D eigenvalue weighted by Gasteiger charge is 2.03. The average Bonchev–Trinajstić information content (AvgIpc) is 2.61. The van der Waals surface area contributed by atoms with Crippen molar-refractivity contribution in [3.8, 4) is 5.75 Å². The number of methoxy groups -OCH3 is 1. The number of amides is 1. The third-order valence-corrected chi connectivity index (χ3v) is 5.43. The van der Waals surface area contributed by atoms with Gasteiger partial charge in [0.15, 0.2) is 0 Å². The molecule has 2 aromatic carbocycles. The minimum atomic E-state index is 0.0757. The Morgan fingerprint density at radius 3 is 2.46 bits per heavy atom. The van der Waals surface area contributed by atoms with Crippen LogP contribution in [0.2, 0.25) is 0 Å².